The minimum absolute atomic E-state index is 0.303. The highest BCUT2D eigenvalue weighted by atomic mass is 19.1. The van der Waals surface area contributed by atoms with Crippen molar-refractivity contribution < 1.29 is 24.1 Å². The van der Waals surface area contributed by atoms with E-state index in [0.29, 0.717) is 38.2 Å². The average Bonchev–Trinajstić information content (AvgIpc) is 2.48. The number of ether oxygens (including phenoxy) is 2. The third kappa shape index (κ3) is 4.52. The molecule has 1 rings (SSSR count). The summed E-state index contributed by atoms with van der Waals surface area (Å²) < 4.78 is 24.1. The quantitative estimate of drug-likeness (QED) is 0.640. The Bertz CT molecular complexity index is 380. The lowest BCUT2D eigenvalue weighted by Gasteiger charge is -2.30. The van der Waals surface area contributed by atoms with E-state index in [0.717, 1.165) is 0 Å². The molecular weight excluding hydrogens is 263 g/mol. The Labute approximate surface area is 119 Å². The Morgan fingerprint density at radius 1 is 1.10 bits per heavy atom. The van der Waals surface area contributed by atoms with Crippen LogP contribution in [0.4, 0.5) is 4.39 Å². The summed E-state index contributed by atoms with van der Waals surface area (Å²) in [6, 6.07) is 6.23. The molecule has 0 radical (unpaired) electrons. The molecule has 0 fully saturated rings. The molecule has 4 nitrogen and oxygen atoms in total. The fourth-order valence-corrected chi connectivity index (χ4v) is 2.16. The summed E-state index contributed by atoms with van der Waals surface area (Å²) in [7, 11) is 1.60. The van der Waals surface area contributed by atoms with Crippen LogP contribution in [0.3, 0.4) is 0 Å². The normalized spacial score (nSPS) is 11.8. The molecule has 1 aromatic rings. The molecule has 114 valence electrons. The molecule has 0 spiro atoms. The second-order valence-electron chi connectivity index (χ2n) is 4.79. The molecule has 0 aliphatic heterocycles. The van der Waals surface area contributed by atoms with Crippen LogP contribution < -0.4 is 0 Å². The van der Waals surface area contributed by atoms with Crippen LogP contribution in [0.2, 0.25) is 0 Å². The minimum Gasteiger partial charge on any atom is -0.395 e. The number of methoxy groups -OCH3 is 1. The lowest BCUT2D eigenvalue weighted by atomic mass is 9.78. The first-order valence-corrected chi connectivity index (χ1v) is 6.73. The minimum atomic E-state index is -0.962. The predicted octanol–water partition coefficient (Wildman–Crippen LogP) is 1.49. The summed E-state index contributed by atoms with van der Waals surface area (Å²) in [4.78, 5) is 0. The molecule has 20 heavy (non-hydrogen) atoms. The highest BCUT2D eigenvalue weighted by Gasteiger charge is 2.32. The van der Waals surface area contributed by atoms with Gasteiger partial charge >= 0.3 is 0 Å². The van der Waals surface area contributed by atoms with E-state index in [1.54, 1.807) is 25.3 Å². The van der Waals surface area contributed by atoms with Gasteiger partial charge in [-0.25, -0.2) is 4.39 Å². The van der Waals surface area contributed by atoms with Crippen LogP contribution in [-0.4, -0.2) is 50.4 Å². The number of aliphatic hydroxyl groups excluding tert-OH is 2. The second kappa shape index (κ2) is 9.02. The molecule has 0 atom stereocenters. The van der Waals surface area contributed by atoms with Crippen LogP contribution >= 0.6 is 0 Å². The molecule has 0 aromatic heterocycles. The van der Waals surface area contributed by atoms with Crippen molar-refractivity contribution in [2.24, 2.45) is 0 Å². The van der Waals surface area contributed by atoms with Gasteiger partial charge in [0.1, 0.15) is 5.82 Å². The second-order valence-corrected chi connectivity index (χ2v) is 4.79. The average molecular weight is 286 g/mol. The van der Waals surface area contributed by atoms with E-state index >= 15 is 0 Å². The largest absolute Gasteiger partial charge is 0.395 e. The standard InChI is InChI=1S/C15H23FO4/c1-19-9-10-20-8-4-7-15(11-17,12-18)13-5-2-3-6-14(13)16/h2-3,5-6,17-18H,4,7-12H2,1H3. The van der Waals surface area contributed by atoms with Gasteiger partial charge in [-0.1, -0.05) is 18.2 Å². The first-order valence-electron chi connectivity index (χ1n) is 6.73. The fraction of sp³-hybridized carbons (Fsp3) is 0.600. The zero-order valence-corrected chi connectivity index (χ0v) is 11.8. The SMILES string of the molecule is COCCOCCCC(CO)(CO)c1ccccc1F. The maximum Gasteiger partial charge on any atom is 0.127 e. The lowest BCUT2D eigenvalue weighted by Crippen LogP contribution is -2.36. The van der Waals surface area contributed by atoms with Gasteiger partial charge in [-0.2, -0.15) is 0 Å². The van der Waals surface area contributed by atoms with Gasteiger partial charge in [0.15, 0.2) is 0 Å². The summed E-state index contributed by atoms with van der Waals surface area (Å²) in [5.41, 5.74) is -0.613. The van der Waals surface area contributed by atoms with Crippen molar-refractivity contribution in [3.8, 4) is 0 Å². The highest BCUT2D eigenvalue weighted by Crippen LogP contribution is 2.30. The van der Waals surface area contributed by atoms with E-state index in [1.807, 2.05) is 0 Å². The molecule has 0 amide bonds. The van der Waals surface area contributed by atoms with E-state index < -0.39 is 11.2 Å². The number of hydrogen-bond donors (Lipinski definition) is 2. The zero-order chi connectivity index (χ0) is 14.8. The summed E-state index contributed by atoms with van der Waals surface area (Å²) in [6.07, 6.45) is 1.08. The molecule has 0 aliphatic carbocycles. The van der Waals surface area contributed by atoms with E-state index in [-0.39, 0.29) is 13.2 Å². The van der Waals surface area contributed by atoms with Crippen molar-refractivity contribution in [3.05, 3.63) is 35.6 Å². The van der Waals surface area contributed by atoms with Crippen LogP contribution in [0.15, 0.2) is 24.3 Å². The van der Waals surface area contributed by atoms with Gasteiger partial charge in [-0.3, -0.25) is 0 Å². The van der Waals surface area contributed by atoms with Gasteiger partial charge < -0.3 is 19.7 Å². The van der Waals surface area contributed by atoms with Crippen molar-refractivity contribution in [3.63, 3.8) is 0 Å². The number of rotatable bonds is 10. The van der Waals surface area contributed by atoms with Crippen LogP contribution in [-0.2, 0) is 14.9 Å². The fourth-order valence-electron chi connectivity index (χ4n) is 2.16. The monoisotopic (exact) mass is 286 g/mol. The summed E-state index contributed by atoms with van der Waals surface area (Å²) in [5, 5.41) is 19.2. The maximum atomic E-state index is 13.9. The summed E-state index contributed by atoms with van der Waals surface area (Å²) in [6.45, 7) is 0.907. The Morgan fingerprint density at radius 3 is 2.40 bits per heavy atom. The molecular formula is C15H23FO4. The third-order valence-corrected chi connectivity index (χ3v) is 3.43. The van der Waals surface area contributed by atoms with Gasteiger partial charge in [0.05, 0.1) is 26.4 Å². The van der Waals surface area contributed by atoms with Crippen molar-refractivity contribution in [1.29, 1.82) is 0 Å². The Balaban J connectivity index is 2.61. The molecule has 0 aliphatic rings. The Kier molecular flexibility index (Phi) is 7.69. The molecule has 1 aromatic carbocycles. The Morgan fingerprint density at radius 2 is 1.80 bits per heavy atom. The molecule has 0 heterocycles. The van der Waals surface area contributed by atoms with Crippen molar-refractivity contribution in [1.82, 2.24) is 0 Å². The van der Waals surface area contributed by atoms with E-state index in [2.05, 4.69) is 0 Å². The Hall–Kier alpha value is -1.01. The lowest BCUT2D eigenvalue weighted by molar-refractivity contribution is 0.0565. The van der Waals surface area contributed by atoms with Crippen molar-refractivity contribution in [2.75, 3.05) is 40.1 Å². The van der Waals surface area contributed by atoms with Gasteiger partial charge in [0, 0.05) is 19.1 Å². The number of halogens is 1. The van der Waals surface area contributed by atoms with Gasteiger partial charge in [-0.05, 0) is 24.5 Å². The van der Waals surface area contributed by atoms with Crippen molar-refractivity contribution >= 4 is 0 Å². The van der Waals surface area contributed by atoms with Gasteiger partial charge in [0.2, 0.25) is 0 Å². The maximum absolute atomic E-state index is 13.9. The third-order valence-electron chi connectivity index (χ3n) is 3.43. The smallest absolute Gasteiger partial charge is 0.127 e. The van der Waals surface area contributed by atoms with Crippen LogP contribution in [0.5, 0.6) is 0 Å². The van der Waals surface area contributed by atoms with Crippen molar-refractivity contribution in [2.45, 2.75) is 18.3 Å². The number of aliphatic hydroxyl groups is 2. The van der Waals surface area contributed by atoms with E-state index in [9.17, 15) is 14.6 Å². The summed E-state index contributed by atoms with van der Waals surface area (Å²) >= 11 is 0. The van der Waals surface area contributed by atoms with Gasteiger partial charge in [0.25, 0.3) is 0 Å². The van der Waals surface area contributed by atoms with Gasteiger partial charge in [-0.15, -0.1) is 0 Å². The zero-order valence-electron chi connectivity index (χ0n) is 11.8. The molecule has 5 heteroatoms. The molecule has 2 N–H and O–H groups in total. The first kappa shape index (κ1) is 17.0. The highest BCUT2D eigenvalue weighted by molar-refractivity contribution is 5.27. The van der Waals surface area contributed by atoms with E-state index in [4.69, 9.17) is 9.47 Å². The first-order chi connectivity index (χ1) is 9.70. The molecule has 0 saturated heterocycles. The molecule has 0 saturated carbocycles. The van der Waals surface area contributed by atoms with E-state index in [1.165, 1.54) is 6.07 Å². The van der Waals surface area contributed by atoms with Crippen LogP contribution in [0.25, 0.3) is 0 Å². The summed E-state index contributed by atoms with van der Waals surface area (Å²) in [5.74, 6) is -0.407. The number of benzene rings is 1. The van der Waals surface area contributed by atoms with Crippen LogP contribution in [0, 0.1) is 5.82 Å². The number of hydrogen-bond acceptors (Lipinski definition) is 4. The molecule has 0 unspecified atom stereocenters. The van der Waals surface area contributed by atoms with Crippen LogP contribution in [0.1, 0.15) is 18.4 Å². The topological polar surface area (TPSA) is 58.9 Å². The predicted molar refractivity (Wildman–Crippen MR) is 74.2 cm³/mol. The molecule has 0 bridgehead atoms.